The number of imidazole rings is 1. The van der Waals surface area contributed by atoms with E-state index in [1.165, 1.54) is 0 Å². The molecule has 0 atom stereocenters. The highest BCUT2D eigenvalue weighted by molar-refractivity contribution is 5.57. The molecule has 13 heavy (non-hydrogen) atoms. The number of anilines is 1. The van der Waals surface area contributed by atoms with Gasteiger partial charge in [-0.05, 0) is 6.92 Å². The van der Waals surface area contributed by atoms with Crippen molar-refractivity contribution in [3.63, 3.8) is 0 Å². The van der Waals surface area contributed by atoms with Crippen molar-refractivity contribution < 1.29 is 0 Å². The maximum absolute atomic E-state index is 5.50. The fourth-order valence-corrected chi connectivity index (χ4v) is 1.27. The molecule has 2 aromatic rings. The number of nitrogens with one attached hydrogen (secondary N) is 1. The lowest BCUT2D eigenvalue weighted by Crippen LogP contribution is -1.94. The summed E-state index contributed by atoms with van der Waals surface area (Å²) in [6, 6.07) is 1.79. The minimum Gasteiger partial charge on any atom is -0.382 e. The average Bonchev–Trinajstić information content (AvgIpc) is 2.71. The largest absolute Gasteiger partial charge is 0.382 e. The predicted octanol–water partition coefficient (Wildman–Crippen LogP) is 0.875. The number of H-pyrrole nitrogens is 1. The lowest BCUT2D eigenvalue weighted by molar-refractivity contribution is 0.766. The zero-order valence-electron chi connectivity index (χ0n) is 7.36. The zero-order chi connectivity index (χ0) is 9.26. The van der Waals surface area contributed by atoms with E-state index in [0.29, 0.717) is 5.82 Å². The van der Waals surface area contributed by atoms with Gasteiger partial charge in [-0.25, -0.2) is 4.98 Å². The second-order valence-corrected chi connectivity index (χ2v) is 2.77. The van der Waals surface area contributed by atoms with Crippen molar-refractivity contribution in [2.45, 2.75) is 13.5 Å². The SMILES string of the molecule is CCn1cncc1-c1cc(N)n[nH]1. The standard InChI is InChI=1S/C8H11N5/c1-2-13-5-10-4-7(13)6-3-8(9)12-11-6/h3-5H,2H2,1H3,(H3,9,11,12). The molecule has 0 aromatic carbocycles. The van der Waals surface area contributed by atoms with Gasteiger partial charge in [0.15, 0.2) is 0 Å². The fourth-order valence-electron chi connectivity index (χ4n) is 1.27. The molecule has 3 N–H and O–H groups in total. The van der Waals surface area contributed by atoms with Crippen molar-refractivity contribution in [3.8, 4) is 11.4 Å². The zero-order valence-corrected chi connectivity index (χ0v) is 7.36. The van der Waals surface area contributed by atoms with Gasteiger partial charge in [0.2, 0.25) is 0 Å². The molecule has 0 spiro atoms. The third-order valence-corrected chi connectivity index (χ3v) is 1.93. The highest BCUT2D eigenvalue weighted by Gasteiger charge is 2.05. The number of aryl methyl sites for hydroxylation is 1. The Morgan fingerprint density at radius 3 is 3.08 bits per heavy atom. The van der Waals surface area contributed by atoms with Gasteiger partial charge in [0.1, 0.15) is 5.82 Å². The Bertz CT molecular complexity index is 400. The van der Waals surface area contributed by atoms with Gasteiger partial charge in [-0.2, -0.15) is 5.10 Å². The number of hydrogen-bond donors (Lipinski definition) is 2. The Hall–Kier alpha value is -1.78. The molecule has 0 radical (unpaired) electrons. The number of nitrogens with zero attached hydrogens (tertiary/aromatic N) is 3. The number of hydrogen-bond acceptors (Lipinski definition) is 3. The smallest absolute Gasteiger partial charge is 0.145 e. The molecule has 2 heterocycles. The first-order valence-electron chi connectivity index (χ1n) is 4.12. The maximum atomic E-state index is 5.50. The summed E-state index contributed by atoms with van der Waals surface area (Å²) in [5.41, 5.74) is 7.41. The Morgan fingerprint density at radius 2 is 2.46 bits per heavy atom. The van der Waals surface area contributed by atoms with Crippen LogP contribution in [0.2, 0.25) is 0 Å². The molecule has 0 bridgehead atoms. The molecule has 0 saturated carbocycles. The van der Waals surface area contributed by atoms with E-state index in [9.17, 15) is 0 Å². The molecule has 5 heteroatoms. The predicted molar refractivity (Wildman–Crippen MR) is 49.9 cm³/mol. The molecule has 2 rings (SSSR count). The van der Waals surface area contributed by atoms with Crippen LogP contribution in [0.4, 0.5) is 5.82 Å². The average molecular weight is 177 g/mol. The first-order chi connectivity index (χ1) is 6.31. The summed E-state index contributed by atoms with van der Waals surface area (Å²) >= 11 is 0. The summed E-state index contributed by atoms with van der Waals surface area (Å²) < 4.78 is 2.02. The Balaban J connectivity index is 2.45. The van der Waals surface area contributed by atoms with Gasteiger partial charge >= 0.3 is 0 Å². The van der Waals surface area contributed by atoms with Crippen LogP contribution in [0.5, 0.6) is 0 Å². The van der Waals surface area contributed by atoms with Gasteiger partial charge in [-0.3, -0.25) is 5.10 Å². The number of nitrogens with two attached hydrogens (primary N) is 1. The summed E-state index contributed by atoms with van der Waals surface area (Å²) in [6.45, 7) is 2.94. The van der Waals surface area contributed by atoms with E-state index in [2.05, 4.69) is 22.1 Å². The number of aromatic nitrogens is 4. The minimum atomic E-state index is 0.499. The third-order valence-electron chi connectivity index (χ3n) is 1.93. The molecule has 0 saturated heterocycles. The minimum absolute atomic E-state index is 0.499. The lowest BCUT2D eigenvalue weighted by Gasteiger charge is -2.00. The van der Waals surface area contributed by atoms with Crippen molar-refractivity contribution in [2.24, 2.45) is 0 Å². The first-order valence-corrected chi connectivity index (χ1v) is 4.12. The lowest BCUT2D eigenvalue weighted by atomic mass is 10.3. The number of nitrogen functional groups attached to an aromatic ring is 1. The van der Waals surface area contributed by atoms with Gasteiger partial charge in [-0.15, -0.1) is 0 Å². The summed E-state index contributed by atoms with van der Waals surface area (Å²) in [7, 11) is 0. The molecular formula is C8H11N5. The van der Waals surface area contributed by atoms with E-state index in [4.69, 9.17) is 5.73 Å². The van der Waals surface area contributed by atoms with E-state index < -0.39 is 0 Å². The second-order valence-electron chi connectivity index (χ2n) is 2.77. The number of rotatable bonds is 2. The van der Waals surface area contributed by atoms with Crippen LogP contribution in [0.1, 0.15) is 6.92 Å². The van der Waals surface area contributed by atoms with Crippen LogP contribution < -0.4 is 5.73 Å². The van der Waals surface area contributed by atoms with Gasteiger partial charge in [-0.1, -0.05) is 0 Å². The molecule has 0 aliphatic heterocycles. The van der Waals surface area contributed by atoms with Crippen LogP contribution in [0.3, 0.4) is 0 Å². The monoisotopic (exact) mass is 177 g/mol. The van der Waals surface area contributed by atoms with Crippen LogP contribution >= 0.6 is 0 Å². The molecule has 0 amide bonds. The van der Waals surface area contributed by atoms with Gasteiger partial charge in [0.05, 0.1) is 23.9 Å². The van der Waals surface area contributed by atoms with E-state index in [0.717, 1.165) is 17.9 Å². The van der Waals surface area contributed by atoms with Crippen molar-refractivity contribution in [3.05, 3.63) is 18.6 Å². The van der Waals surface area contributed by atoms with E-state index in [-0.39, 0.29) is 0 Å². The van der Waals surface area contributed by atoms with Gasteiger partial charge < -0.3 is 10.3 Å². The first kappa shape index (κ1) is 7.85. The van der Waals surface area contributed by atoms with Crippen molar-refractivity contribution in [2.75, 3.05) is 5.73 Å². The molecular weight excluding hydrogens is 166 g/mol. The van der Waals surface area contributed by atoms with Crippen molar-refractivity contribution in [1.82, 2.24) is 19.7 Å². The van der Waals surface area contributed by atoms with Gasteiger partial charge in [0, 0.05) is 12.6 Å². The molecule has 68 valence electrons. The molecule has 0 unspecified atom stereocenters. The molecule has 5 nitrogen and oxygen atoms in total. The third kappa shape index (κ3) is 1.28. The Kier molecular flexibility index (Phi) is 1.77. The van der Waals surface area contributed by atoms with Crippen LogP contribution in [0, 0.1) is 0 Å². The van der Waals surface area contributed by atoms with Crippen molar-refractivity contribution in [1.29, 1.82) is 0 Å². The molecule has 0 fully saturated rings. The van der Waals surface area contributed by atoms with Crippen LogP contribution in [0.25, 0.3) is 11.4 Å². The topological polar surface area (TPSA) is 72.5 Å². The maximum Gasteiger partial charge on any atom is 0.145 e. The van der Waals surface area contributed by atoms with E-state index in [1.807, 2.05) is 4.57 Å². The summed E-state index contributed by atoms with van der Waals surface area (Å²) in [5.74, 6) is 0.499. The second kappa shape index (κ2) is 2.93. The number of aromatic amines is 1. The molecule has 0 aliphatic rings. The summed E-state index contributed by atoms with van der Waals surface area (Å²) in [4.78, 5) is 4.05. The molecule has 2 aromatic heterocycles. The van der Waals surface area contributed by atoms with Crippen LogP contribution in [-0.2, 0) is 6.54 Å². The van der Waals surface area contributed by atoms with E-state index >= 15 is 0 Å². The Labute approximate surface area is 75.6 Å². The van der Waals surface area contributed by atoms with E-state index in [1.54, 1.807) is 18.6 Å². The Morgan fingerprint density at radius 1 is 1.62 bits per heavy atom. The van der Waals surface area contributed by atoms with Crippen LogP contribution in [-0.4, -0.2) is 19.7 Å². The fraction of sp³-hybridized carbons (Fsp3) is 0.250. The quantitative estimate of drug-likeness (QED) is 0.715. The summed E-state index contributed by atoms with van der Waals surface area (Å²) in [5, 5.41) is 6.71. The molecule has 0 aliphatic carbocycles. The summed E-state index contributed by atoms with van der Waals surface area (Å²) in [6.07, 6.45) is 3.57. The normalized spacial score (nSPS) is 10.5. The van der Waals surface area contributed by atoms with Crippen LogP contribution in [0.15, 0.2) is 18.6 Å². The highest BCUT2D eigenvalue weighted by Crippen LogP contribution is 2.17. The highest BCUT2D eigenvalue weighted by atomic mass is 15.2. The van der Waals surface area contributed by atoms with Crippen molar-refractivity contribution >= 4 is 5.82 Å². The van der Waals surface area contributed by atoms with Gasteiger partial charge in [0.25, 0.3) is 0 Å².